The fourth-order valence-corrected chi connectivity index (χ4v) is 2.93. The van der Waals surface area contributed by atoms with Gasteiger partial charge < -0.3 is 15.2 Å². The SMILES string of the molecule is NCc1csc(N2CCn3c(nnc3C(F)(F)F)C2)n1. The van der Waals surface area contributed by atoms with Crippen molar-refractivity contribution in [3.8, 4) is 0 Å². The van der Waals surface area contributed by atoms with Crippen LogP contribution in [-0.4, -0.2) is 26.3 Å². The number of thiazole rings is 1. The molecule has 0 aliphatic carbocycles. The Balaban J connectivity index is 1.84. The zero-order valence-electron chi connectivity index (χ0n) is 10.3. The van der Waals surface area contributed by atoms with E-state index in [0.29, 0.717) is 18.9 Å². The second-order valence-corrected chi connectivity index (χ2v) is 5.17. The van der Waals surface area contributed by atoms with Gasteiger partial charge in [0.05, 0.1) is 12.2 Å². The van der Waals surface area contributed by atoms with Gasteiger partial charge in [0.1, 0.15) is 0 Å². The first-order chi connectivity index (χ1) is 9.49. The van der Waals surface area contributed by atoms with Crippen molar-refractivity contribution < 1.29 is 13.2 Å². The Morgan fingerprint density at radius 3 is 2.75 bits per heavy atom. The van der Waals surface area contributed by atoms with Gasteiger partial charge in [-0.25, -0.2) is 4.98 Å². The highest BCUT2D eigenvalue weighted by Crippen LogP contribution is 2.31. The molecule has 0 amide bonds. The molecule has 0 atom stereocenters. The molecule has 0 unspecified atom stereocenters. The predicted octanol–water partition coefficient (Wildman–Crippen LogP) is 1.23. The monoisotopic (exact) mass is 304 g/mol. The van der Waals surface area contributed by atoms with Crippen molar-refractivity contribution in [1.82, 2.24) is 19.7 Å². The van der Waals surface area contributed by atoms with Crippen molar-refractivity contribution in [1.29, 1.82) is 0 Å². The van der Waals surface area contributed by atoms with Gasteiger partial charge in [0.2, 0.25) is 5.82 Å². The summed E-state index contributed by atoms with van der Waals surface area (Å²) in [6.07, 6.45) is -4.47. The quantitative estimate of drug-likeness (QED) is 0.903. The Hall–Kier alpha value is -1.68. The number of hydrogen-bond donors (Lipinski definition) is 1. The van der Waals surface area contributed by atoms with Crippen LogP contribution in [-0.2, 0) is 25.8 Å². The molecule has 108 valence electrons. The smallest absolute Gasteiger partial charge is 0.339 e. The molecule has 10 heteroatoms. The molecular formula is C10H11F3N6S. The largest absolute Gasteiger partial charge is 0.451 e. The van der Waals surface area contributed by atoms with Crippen molar-refractivity contribution in [2.75, 3.05) is 11.4 Å². The number of halogens is 3. The third-order valence-electron chi connectivity index (χ3n) is 3.03. The van der Waals surface area contributed by atoms with Gasteiger partial charge in [-0.2, -0.15) is 13.2 Å². The average Bonchev–Trinajstić information content (AvgIpc) is 3.03. The summed E-state index contributed by atoms with van der Waals surface area (Å²) in [6, 6.07) is 0. The topological polar surface area (TPSA) is 72.9 Å². The fourth-order valence-electron chi connectivity index (χ4n) is 2.07. The lowest BCUT2D eigenvalue weighted by Crippen LogP contribution is -2.35. The van der Waals surface area contributed by atoms with Crippen LogP contribution >= 0.6 is 11.3 Å². The van der Waals surface area contributed by atoms with Gasteiger partial charge in [-0.15, -0.1) is 21.5 Å². The Bertz CT molecular complexity index is 619. The third-order valence-corrected chi connectivity index (χ3v) is 3.98. The molecule has 1 aliphatic heterocycles. The molecule has 3 heterocycles. The highest BCUT2D eigenvalue weighted by atomic mass is 32.1. The molecule has 1 aliphatic rings. The summed E-state index contributed by atoms with van der Waals surface area (Å²) in [7, 11) is 0. The van der Waals surface area contributed by atoms with E-state index in [4.69, 9.17) is 5.73 Å². The van der Waals surface area contributed by atoms with E-state index in [1.807, 2.05) is 10.3 Å². The molecule has 2 aromatic heterocycles. The highest BCUT2D eigenvalue weighted by molar-refractivity contribution is 7.13. The minimum atomic E-state index is -4.47. The summed E-state index contributed by atoms with van der Waals surface area (Å²) in [4.78, 5) is 6.20. The Kier molecular flexibility index (Phi) is 3.13. The molecular weight excluding hydrogens is 293 g/mol. The van der Waals surface area contributed by atoms with E-state index < -0.39 is 12.0 Å². The second kappa shape index (κ2) is 4.70. The zero-order valence-corrected chi connectivity index (χ0v) is 11.1. The lowest BCUT2D eigenvalue weighted by atomic mass is 10.3. The van der Waals surface area contributed by atoms with Crippen LogP contribution in [0, 0.1) is 0 Å². The molecule has 0 saturated heterocycles. The Morgan fingerprint density at radius 2 is 2.10 bits per heavy atom. The number of hydrogen-bond acceptors (Lipinski definition) is 6. The maximum Gasteiger partial charge on any atom is 0.451 e. The number of aromatic nitrogens is 4. The van der Waals surface area contributed by atoms with Crippen molar-refractivity contribution in [3.63, 3.8) is 0 Å². The molecule has 0 bridgehead atoms. The maximum atomic E-state index is 12.7. The molecule has 0 fully saturated rings. The van der Waals surface area contributed by atoms with Crippen molar-refractivity contribution in [3.05, 3.63) is 22.7 Å². The first-order valence-electron chi connectivity index (χ1n) is 5.87. The summed E-state index contributed by atoms with van der Waals surface area (Å²) in [5.74, 6) is -0.637. The van der Waals surface area contributed by atoms with Gasteiger partial charge in [0.15, 0.2) is 11.0 Å². The first kappa shape index (κ1) is 13.3. The van der Waals surface area contributed by atoms with Gasteiger partial charge in [0, 0.05) is 25.0 Å². The number of anilines is 1. The molecule has 0 aromatic carbocycles. The van der Waals surface area contributed by atoms with Crippen LogP contribution in [0.3, 0.4) is 0 Å². The standard InChI is InChI=1S/C10H11F3N6S/c11-10(12,13)8-17-16-7-4-18(1-2-19(7)8)9-15-6(3-14)5-20-9/h5H,1-4,14H2. The van der Waals surface area contributed by atoms with E-state index in [1.165, 1.54) is 11.3 Å². The summed E-state index contributed by atoms with van der Waals surface area (Å²) < 4.78 is 39.3. The molecule has 0 saturated carbocycles. The summed E-state index contributed by atoms with van der Waals surface area (Å²) >= 11 is 1.42. The minimum absolute atomic E-state index is 0.189. The summed E-state index contributed by atoms with van der Waals surface area (Å²) in [6.45, 7) is 1.24. The predicted molar refractivity (Wildman–Crippen MR) is 66.1 cm³/mol. The van der Waals surface area contributed by atoms with Crippen LogP contribution in [0.4, 0.5) is 18.3 Å². The summed E-state index contributed by atoms with van der Waals surface area (Å²) in [5, 5.41) is 9.46. The number of fused-ring (bicyclic) bond motifs is 1. The van der Waals surface area contributed by atoms with Crippen molar-refractivity contribution in [2.24, 2.45) is 5.73 Å². The second-order valence-electron chi connectivity index (χ2n) is 4.34. The van der Waals surface area contributed by atoms with Gasteiger partial charge in [-0.05, 0) is 0 Å². The van der Waals surface area contributed by atoms with Crippen LogP contribution in [0.15, 0.2) is 5.38 Å². The van der Waals surface area contributed by atoms with Gasteiger partial charge in [-0.3, -0.25) is 0 Å². The van der Waals surface area contributed by atoms with Crippen LogP contribution in [0.1, 0.15) is 17.3 Å². The van der Waals surface area contributed by atoms with Crippen LogP contribution in [0.2, 0.25) is 0 Å². The molecule has 3 rings (SSSR count). The summed E-state index contributed by atoms with van der Waals surface area (Å²) in [5.41, 5.74) is 6.27. The molecule has 6 nitrogen and oxygen atoms in total. The van der Waals surface area contributed by atoms with Crippen molar-refractivity contribution in [2.45, 2.75) is 25.8 Å². The van der Waals surface area contributed by atoms with E-state index >= 15 is 0 Å². The molecule has 2 N–H and O–H groups in total. The van der Waals surface area contributed by atoms with E-state index in [9.17, 15) is 13.2 Å². The Labute approximate surface area is 116 Å². The average molecular weight is 304 g/mol. The first-order valence-corrected chi connectivity index (χ1v) is 6.75. The van der Waals surface area contributed by atoms with E-state index in [2.05, 4.69) is 15.2 Å². The normalized spacial score (nSPS) is 15.5. The van der Waals surface area contributed by atoms with Crippen LogP contribution in [0.5, 0.6) is 0 Å². The van der Waals surface area contributed by atoms with Crippen LogP contribution in [0.25, 0.3) is 0 Å². The van der Waals surface area contributed by atoms with Gasteiger partial charge >= 0.3 is 6.18 Å². The third kappa shape index (κ3) is 2.24. The number of rotatable bonds is 2. The lowest BCUT2D eigenvalue weighted by molar-refractivity contribution is -0.147. The maximum absolute atomic E-state index is 12.7. The van der Waals surface area contributed by atoms with E-state index in [-0.39, 0.29) is 13.1 Å². The highest BCUT2D eigenvalue weighted by Gasteiger charge is 2.39. The van der Waals surface area contributed by atoms with Crippen molar-refractivity contribution >= 4 is 16.5 Å². The minimum Gasteiger partial charge on any atom is -0.339 e. The molecule has 0 spiro atoms. The lowest BCUT2D eigenvalue weighted by Gasteiger charge is -2.27. The molecule has 20 heavy (non-hydrogen) atoms. The Morgan fingerprint density at radius 1 is 1.30 bits per heavy atom. The molecule has 2 aromatic rings. The van der Waals surface area contributed by atoms with Crippen LogP contribution < -0.4 is 10.6 Å². The number of nitrogens with zero attached hydrogens (tertiary/aromatic N) is 5. The zero-order chi connectivity index (χ0) is 14.3. The molecule has 0 radical (unpaired) electrons. The van der Waals surface area contributed by atoms with E-state index in [0.717, 1.165) is 15.4 Å². The van der Waals surface area contributed by atoms with E-state index in [1.54, 1.807) is 0 Å². The fraction of sp³-hybridized carbons (Fsp3) is 0.500. The number of nitrogens with two attached hydrogens (primary N) is 1. The number of alkyl halides is 3. The van der Waals surface area contributed by atoms with Gasteiger partial charge in [0.25, 0.3) is 0 Å². The van der Waals surface area contributed by atoms with Gasteiger partial charge in [-0.1, -0.05) is 0 Å².